The van der Waals surface area contributed by atoms with Crippen LogP contribution in [0.4, 0.5) is 4.79 Å². The Bertz CT molecular complexity index is 568. The summed E-state index contributed by atoms with van der Waals surface area (Å²) in [5.74, 6) is 3.42. The van der Waals surface area contributed by atoms with E-state index in [1.807, 2.05) is 24.5 Å². The molecule has 0 unspecified atom stereocenters. The standard InChI is InChI=1S/C19H30N4O/c1-13-11-20-12-23(13)5-3-4-21-19(24)22(2)18-16-7-14-6-15(9-16)10-17(18)8-14/h11-12,14-18H,3-10H2,1-2H3,(H,21,24). The Labute approximate surface area is 144 Å². The molecule has 4 saturated carbocycles. The average molecular weight is 330 g/mol. The molecule has 5 nitrogen and oxygen atoms in total. The van der Waals surface area contributed by atoms with Crippen LogP contribution in [0.5, 0.6) is 0 Å². The van der Waals surface area contributed by atoms with Crippen molar-refractivity contribution >= 4 is 6.03 Å². The number of nitrogens with zero attached hydrogens (tertiary/aromatic N) is 3. The molecule has 4 fully saturated rings. The first-order chi connectivity index (χ1) is 11.6. The van der Waals surface area contributed by atoms with Gasteiger partial charge in [0, 0.05) is 38.1 Å². The predicted octanol–water partition coefficient (Wildman–Crippen LogP) is 3.05. The summed E-state index contributed by atoms with van der Waals surface area (Å²) in [5, 5.41) is 3.13. The summed E-state index contributed by atoms with van der Waals surface area (Å²) < 4.78 is 2.13. The van der Waals surface area contributed by atoms with E-state index in [4.69, 9.17) is 0 Å². The molecular weight excluding hydrogens is 300 g/mol. The fourth-order valence-corrected chi connectivity index (χ4v) is 5.85. The predicted molar refractivity (Wildman–Crippen MR) is 93.6 cm³/mol. The van der Waals surface area contributed by atoms with Crippen molar-refractivity contribution in [3.05, 3.63) is 18.2 Å². The second-order valence-electron chi connectivity index (χ2n) is 8.35. The maximum absolute atomic E-state index is 12.6. The molecule has 0 atom stereocenters. The topological polar surface area (TPSA) is 50.2 Å². The van der Waals surface area contributed by atoms with Crippen LogP contribution in [0.3, 0.4) is 0 Å². The number of amides is 2. The number of aromatic nitrogens is 2. The Morgan fingerprint density at radius 1 is 1.25 bits per heavy atom. The van der Waals surface area contributed by atoms with Gasteiger partial charge in [0.05, 0.1) is 6.33 Å². The van der Waals surface area contributed by atoms with E-state index < -0.39 is 0 Å². The van der Waals surface area contributed by atoms with Gasteiger partial charge in [-0.25, -0.2) is 9.78 Å². The first-order valence-corrected chi connectivity index (χ1v) is 9.59. The van der Waals surface area contributed by atoms with Gasteiger partial charge in [0.2, 0.25) is 0 Å². The van der Waals surface area contributed by atoms with Crippen LogP contribution in [0.25, 0.3) is 0 Å². The first kappa shape index (κ1) is 16.0. The molecule has 2 amide bonds. The van der Waals surface area contributed by atoms with Crippen LogP contribution in [-0.4, -0.2) is 40.1 Å². The summed E-state index contributed by atoms with van der Waals surface area (Å²) in [5.41, 5.74) is 1.17. The third-order valence-electron chi connectivity index (χ3n) is 6.72. The summed E-state index contributed by atoms with van der Waals surface area (Å²) in [4.78, 5) is 18.8. The second kappa shape index (κ2) is 6.41. The van der Waals surface area contributed by atoms with Crippen molar-refractivity contribution in [2.24, 2.45) is 23.7 Å². The van der Waals surface area contributed by atoms with Crippen LogP contribution in [0.15, 0.2) is 12.5 Å². The lowest BCUT2D eigenvalue weighted by Gasteiger charge is -2.56. The Hall–Kier alpha value is -1.52. The van der Waals surface area contributed by atoms with E-state index in [1.54, 1.807) is 0 Å². The van der Waals surface area contributed by atoms with Crippen molar-refractivity contribution < 1.29 is 4.79 Å². The molecule has 1 N–H and O–H groups in total. The van der Waals surface area contributed by atoms with Gasteiger partial charge in [-0.05, 0) is 69.1 Å². The lowest BCUT2D eigenvalue weighted by Crippen LogP contribution is -2.58. The van der Waals surface area contributed by atoms with Crippen molar-refractivity contribution in [1.29, 1.82) is 0 Å². The highest BCUT2D eigenvalue weighted by Crippen LogP contribution is 2.54. The third kappa shape index (κ3) is 2.93. The smallest absolute Gasteiger partial charge is 0.317 e. The van der Waals surface area contributed by atoms with Gasteiger partial charge in [0.25, 0.3) is 0 Å². The van der Waals surface area contributed by atoms with Gasteiger partial charge in [-0.15, -0.1) is 0 Å². The van der Waals surface area contributed by atoms with Crippen molar-refractivity contribution in [3.63, 3.8) is 0 Å². The highest BCUT2D eigenvalue weighted by molar-refractivity contribution is 5.74. The summed E-state index contributed by atoms with van der Waals surface area (Å²) in [7, 11) is 2.02. The van der Waals surface area contributed by atoms with E-state index in [-0.39, 0.29) is 6.03 Å². The van der Waals surface area contributed by atoms with Crippen molar-refractivity contribution in [1.82, 2.24) is 19.8 Å². The highest BCUT2D eigenvalue weighted by atomic mass is 16.2. The van der Waals surface area contributed by atoms with Crippen LogP contribution < -0.4 is 5.32 Å². The molecule has 24 heavy (non-hydrogen) atoms. The van der Waals surface area contributed by atoms with E-state index >= 15 is 0 Å². The van der Waals surface area contributed by atoms with Gasteiger partial charge >= 0.3 is 6.03 Å². The number of carbonyl (C=O) groups is 1. The number of imidazole rings is 1. The van der Waals surface area contributed by atoms with Gasteiger partial charge < -0.3 is 14.8 Å². The molecule has 0 aromatic carbocycles. The van der Waals surface area contributed by atoms with Crippen molar-refractivity contribution in [2.75, 3.05) is 13.6 Å². The molecule has 5 rings (SSSR count). The minimum absolute atomic E-state index is 0.120. The minimum atomic E-state index is 0.120. The van der Waals surface area contributed by atoms with Gasteiger partial charge in [0.15, 0.2) is 0 Å². The molecule has 1 heterocycles. The fourth-order valence-electron chi connectivity index (χ4n) is 5.85. The molecule has 132 valence electrons. The quantitative estimate of drug-likeness (QED) is 0.844. The molecule has 1 aromatic rings. The molecule has 0 saturated heterocycles. The van der Waals surface area contributed by atoms with Crippen LogP contribution in [0.2, 0.25) is 0 Å². The number of nitrogens with one attached hydrogen (secondary N) is 1. The summed E-state index contributed by atoms with van der Waals surface area (Å²) in [6.07, 6.45) is 11.6. The van der Waals surface area contributed by atoms with E-state index in [2.05, 4.69) is 21.8 Å². The molecular formula is C19H30N4O. The van der Waals surface area contributed by atoms with Crippen molar-refractivity contribution in [3.8, 4) is 0 Å². The van der Waals surface area contributed by atoms with Gasteiger partial charge in [0.1, 0.15) is 0 Å². The molecule has 1 aromatic heterocycles. The zero-order chi connectivity index (χ0) is 16.7. The monoisotopic (exact) mass is 330 g/mol. The average Bonchev–Trinajstić information content (AvgIpc) is 2.95. The molecule has 4 aliphatic carbocycles. The molecule has 4 bridgehead atoms. The third-order valence-corrected chi connectivity index (χ3v) is 6.72. The lowest BCUT2D eigenvalue weighted by atomic mass is 9.54. The van der Waals surface area contributed by atoms with Crippen LogP contribution in [0.1, 0.15) is 44.2 Å². The normalized spacial score (nSPS) is 33.7. The Balaban J connectivity index is 1.26. The molecule has 0 radical (unpaired) electrons. The maximum Gasteiger partial charge on any atom is 0.317 e. The number of aryl methyl sites for hydroxylation is 2. The molecule has 5 heteroatoms. The van der Waals surface area contributed by atoms with Crippen LogP contribution >= 0.6 is 0 Å². The van der Waals surface area contributed by atoms with Crippen LogP contribution in [-0.2, 0) is 6.54 Å². The number of carbonyl (C=O) groups excluding carboxylic acids is 1. The number of hydrogen-bond donors (Lipinski definition) is 1. The summed E-state index contributed by atoms with van der Waals surface area (Å²) in [6.45, 7) is 3.70. The fraction of sp³-hybridized carbons (Fsp3) is 0.789. The SMILES string of the molecule is Cc1cncn1CCCNC(=O)N(C)C1C2CC3CC(C2)CC1C3. The minimum Gasteiger partial charge on any atom is -0.338 e. The largest absolute Gasteiger partial charge is 0.338 e. The zero-order valence-electron chi connectivity index (χ0n) is 14.9. The van der Waals surface area contributed by atoms with E-state index in [1.165, 1.54) is 37.8 Å². The number of urea groups is 1. The maximum atomic E-state index is 12.6. The lowest BCUT2D eigenvalue weighted by molar-refractivity contribution is -0.0448. The molecule has 0 aliphatic heterocycles. The van der Waals surface area contributed by atoms with E-state index in [0.717, 1.165) is 43.2 Å². The van der Waals surface area contributed by atoms with Crippen molar-refractivity contribution in [2.45, 2.75) is 58.0 Å². The Morgan fingerprint density at radius 2 is 1.92 bits per heavy atom. The Kier molecular flexibility index (Phi) is 4.27. The summed E-state index contributed by atoms with van der Waals surface area (Å²) in [6, 6.07) is 0.600. The van der Waals surface area contributed by atoms with Gasteiger partial charge in [-0.2, -0.15) is 0 Å². The highest BCUT2D eigenvalue weighted by Gasteiger charge is 2.50. The van der Waals surface area contributed by atoms with Gasteiger partial charge in [-0.3, -0.25) is 0 Å². The van der Waals surface area contributed by atoms with E-state index in [0.29, 0.717) is 6.04 Å². The molecule has 0 spiro atoms. The number of hydrogen-bond acceptors (Lipinski definition) is 2. The van der Waals surface area contributed by atoms with E-state index in [9.17, 15) is 4.79 Å². The Morgan fingerprint density at radius 3 is 2.50 bits per heavy atom. The summed E-state index contributed by atoms with van der Waals surface area (Å²) >= 11 is 0. The second-order valence-corrected chi connectivity index (χ2v) is 8.35. The first-order valence-electron chi connectivity index (χ1n) is 9.59. The molecule has 4 aliphatic rings. The number of rotatable bonds is 5. The van der Waals surface area contributed by atoms with Gasteiger partial charge in [-0.1, -0.05) is 0 Å². The van der Waals surface area contributed by atoms with Crippen LogP contribution in [0, 0.1) is 30.6 Å². The zero-order valence-corrected chi connectivity index (χ0v) is 14.9.